The van der Waals surface area contributed by atoms with Crippen molar-refractivity contribution in [3.8, 4) is 22.1 Å². The van der Waals surface area contributed by atoms with Crippen LogP contribution in [0.2, 0.25) is 0 Å². The van der Waals surface area contributed by atoms with E-state index in [2.05, 4.69) is 89.3 Å². The number of amides is 6. The minimum Gasteiger partial charge on any atom is -0.504 e. The van der Waals surface area contributed by atoms with E-state index in [1.54, 1.807) is 11.3 Å². The minimum absolute atomic E-state index is 0.00762. The molecule has 5 fully saturated rings. The summed E-state index contributed by atoms with van der Waals surface area (Å²) in [6, 6.07) is -0.356. The maximum atomic E-state index is 15.0. The van der Waals surface area contributed by atoms with Crippen molar-refractivity contribution < 1.29 is 91.9 Å². The lowest BCUT2D eigenvalue weighted by atomic mass is 9.82. The van der Waals surface area contributed by atoms with Crippen molar-refractivity contribution in [2.24, 2.45) is 17.3 Å². The molecule has 1 aliphatic carbocycles. The molecule has 13 atom stereocenters. The fourth-order valence-corrected chi connectivity index (χ4v) is 14.0. The molecule has 0 bridgehead atoms. The van der Waals surface area contributed by atoms with Gasteiger partial charge in [0.2, 0.25) is 35.4 Å². The lowest BCUT2D eigenvalue weighted by Crippen LogP contribution is -2.64. The van der Waals surface area contributed by atoms with E-state index in [-0.39, 0.29) is 37.0 Å². The fourth-order valence-electron chi connectivity index (χ4n) is 12.6. The lowest BCUT2D eigenvalue weighted by molar-refractivity contribution is -0.147. The van der Waals surface area contributed by atoms with Crippen molar-refractivity contribution in [3.63, 3.8) is 0 Å². The van der Waals surface area contributed by atoms with Crippen molar-refractivity contribution in [1.29, 1.82) is 0 Å². The summed E-state index contributed by atoms with van der Waals surface area (Å²) in [6.07, 6.45) is -7.03. The number of hydrogen-bond acceptors (Lipinski definition) is 24. The molecule has 3 aromatic rings. The average molecular weight is 1330 g/mol. The van der Waals surface area contributed by atoms with E-state index < -0.39 is 194 Å². The number of aromatic nitrogens is 2. The smallest absolute Gasteiger partial charge is 0.446 e. The molecule has 5 aliphatic rings. The summed E-state index contributed by atoms with van der Waals surface area (Å²) >= 11 is 1.55. The first-order valence-electron chi connectivity index (χ1n) is 31.3. The van der Waals surface area contributed by atoms with E-state index in [0.717, 1.165) is 82.4 Å². The van der Waals surface area contributed by atoms with Gasteiger partial charge in [-0.05, 0) is 125 Å². The molecule has 0 radical (unpaired) electrons. The van der Waals surface area contributed by atoms with Gasteiger partial charge in [0.05, 0.1) is 61.9 Å². The zero-order valence-corrected chi connectivity index (χ0v) is 53.5. The monoisotopic (exact) mass is 1330 g/mol. The van der Waals surface area contributed by atoms with Crippen molar-refractivity contribution in [3.05, 3.63) is 53.0 Å². The number of aliphatic hydroxyl groups excluding tert-OH is 8. The number of carbonyl (C=O) groups excluding carboxylic acids is 6. The number of piperidine rings is 1. The summed E-state index contributed by atoms with van der Waals surface area (Å²) in [6.45, 7) is 6.82. The molecule has 1 saturated carbocycles. The number of aromatic hydroxyl groups is 1. The Balaban J connectivity index is 1.05. The number of phenols is 1. The highest BCUT2D eigenvalue weighted by molar-refractivity contribution is 7.81. The topological polar surface area (TPSA) is 456 Å². The van der Waals surface area contributed by atoms with Crippen LogP contribution in [0.3, 0.4) is 0 Å². The van der Waals surface area contributed by atoms with Crippen LogP contribution in [0.15, 0.2) is 42.5 Å². The number of phenolic OH excluding ortho intramolecular Hbond substituents is 1. The van der Waals surface area contributed by atoms with Gasteiger partial charge in [0.1, 0.15) is 40.2 Å². The number of nitrogens with one attached hydrogen (secondary N) is 6. The Morgan fingerprint density at radius 2 is 1.43 bits per heavy atom. The first kappa shape index (κ1) is 71.6. The van der Waals surface area contributed by atoms with E-state index in [4.69, 9.17) is 0 Å². The van der Waals surface area contributed by atoms with Crippen LogP contribution in [-0.4, -0.2) is 252 Å². The van der Waals surface area contributed by atoms with Crippen molar-refractivity contribution >= 4 is 62.9 Å². The van der Waals surface area contributed by atoms with Crippen LogP contribution in [0, 0.1) is 17.3 Å². The third-order valence-electron chi connectivity index (χ3n) is 18.3. The van der Waals surface area contributed by atoms with Gasteiger partial charge in [0.15, 0.2) is 11.5 Å². The Morgan fingerprint density at radius 3 is 2.09 bits per heavy atom. The second kappa shape index (κ2) is 31.3. The van der Waals surface area contributed by atoms with Gasteiger partial charge in [0.25, 0.3) is 0 Å². The number of benzene rings is 2. The van der Waals surface area contributed by atoms with E-state index in [0.29, 0.717) is 18.3 Å². The van der Waals surface area contributed by atoms with Crippen LogP contribution in [0.25, 0.3) is 10.6 Å². The van der Waals surface area contributed by atoms with Crippen LogP contribution in [0.4, 0.5) is 5.69 Å². The fraction of sp³-hybridized carbons (Fsp3) is 0.667. The molecular weight excluding hydrogens is 1240 g/mol. The molecule has 6 amide bonds. The Hall–Kier alpha value is -6.27. The summed E-state index contributed by atoms with van der Waals surface area (Å²) in [4.78, 5) is 92.2. The zero-order chi connectivity index (χ0) is 66.9. The largest absolute Gasteiger partial charge is 0.504 e. The molecule has 5 heterocycles. The van der Waals surface area contributed by atoms with Crippen LogP contribution in [-0.2, 0) is 45.6 Å². The first-order chi connectivity index (χ1) is 43.5. The molecule has 0 unspecified atom stereocenters. The van der Waals surface area contributed by atoms with Crippen LogP contribution < -0.4 is 41.0 Å². The maximum absolute atomic E-state index is 15.0. The van der Waals surface area contributed by atoms with Gasteiger partial charge in [-0.3, -0.25) is 33.3 Å². The molecule has 16 N–H and O–H groups in total. The highest BCUT2D eigenvalue weighted by atomic mass is 32.3. The average Bonchev–Trinajstić information content (AvgIpc) is 1.85. The molecule has 32 heteroatoms. The summed E-state index contributed by atoms with van der Waals surface area (Å²) < 4.78 is 37.0. The van der Waals surface area contributed by atoms with Gasteiger partial charge in [-0.25, -0.2) is 0 Å². The van der Waals surface area contributed by atoms with Crippen molar-refractivity contribution in [2.45, 2.75) is 177 Å². The minimum atomic E-state index is -5.22. The van der Waals surface area contributed by atoms with E-state index >= 15 is 0 Å². The molecule has 30 nitrogen and oxygen atoms in total. The maximum Gasteiger partial charge on any atom is 0.446 e. The highest BCUT2D eigenvalue weighted by Gasteiger charge is 2.50. The number of fused-ring (bicyclic) bond motifs is 2. The van der Waals surface area contributed by atoms with Crippen LogP contribution in [0.1, 0.15) is 102 Å². The number of carbonyl (C=O) groups is 6. The molecule has 2 aromatic carbocycles. The Kier molecular flexibility index (Phi) is 24.4. The zero-order valence-electron chi connectivity index (χ0n) is 51.9. The number of anilines is 1. The number of β-amino-alcohol motifs (C(OH)–C–C–N with tert-alkyl or cyclic N) is 1. The molecule has 92 heavy (non-hydrogen) atoms. The second-order valence-electron chi connectivity index (χ2n) is 25.9. The van der Waals surface area contributed by atoms with E-state index in [9.17, 15) is 87.7 Å². The van der Waals surface area contributed by atoms with Gasteiger partial charge >= 0.3 is 10.4 Å². The van der Waals surface area contributed by atoms with Crippen molar-refractivity contribution in [1.82, 2.24) is 51.9 Å². The second-order valence-corrected chi connectivity index (χ2v) is 27.9. The SMILES string of the molecule is C[C@@H](O)[C@@H]1NC(=O)[C@@H](NC[C@H]2CC[C@H](c3nnc(-c4ccc(N5CCC(C)(C)CC5)cc4)s3)CC2)C[C@@H](O)CNC(=O)[C@@H]2[C@@H](O)[C@@H](C)CN2C(=O)[C@H]([C@H](O)CCNC(CO)CO)NC(=O)[C@H]([C@H](O)Cc2ccc(O)c(OS(=O)(=O)O)c2)NC(=O)[C@@H]2C[C@@H](O)CN2C1=O. The lowest BCUT2D eigenvalue weighted by Gasteiger charge is -2.38. The summed E-state index contributed by atoms with van der Waals surface area (Å²) in [7, 11) is -5.22. The summed E-state index contributed by atoms with van der Waals surface area (Å²) in [5.41, 5.74) is 2.40. The number of hydrogen-bond donors (Lipinski definition) is 16. The molecule has 0 spiro atoms. The van der Waals surface area contributed by atoms with Crippen LogP contribution >= 0.6 is 11.3 Å². The molecular formula is C60H89N11O19S2. The van der Waals surface area contributed by atoms with Gasteiger partial charge in [0, 0.05) is 68.7 Å². The number of aliphatic hydroxyl groups is 8. The van der Waals surface area contributed by atoms with Crippen molar-refractivity contribution in [2.75, 3.05) is 63.9 Å². The standard InChI is InChI=1S/C60H89N11O19S2/c1-31-27-71-50(51(31)80)55(84)63-26-39(75)23-41(62-25-33-5-8-35(9-6-33)56-67-68-57(91-56)36-10-12-38(13-11-36)69-19-16-60(3,4)17-20-69)52(81)64-47(32(2)74)58(85)70-28-40(76)24-42(70)53(82)65-48(45(79)21-34-7-14-43(77)46(22-34)90-92(87,88)89)54(83)66-49(59(71)86)44(78)15-18-61-37(29-72)30-73/h7,10-14,22,31-33,35,37,39-42,44-45,47-51,61-62,72-80H,5-6,8-9,15-21,23-30H2,1-4H3,(H,63,84)(H,64,81)(H,65,82)(H,66,83)(H,87,88,89)/t31-,32+,33-,35-,39+,40+,41-,42-,44+,45+,47-,48-,49-,50-,51-/m0/s1. The Bertz CT molecular complexity index is 3140. The molecule has 1 aromatic heterocycles. The molecule has 4 saturated heterocycles. The van der Waals surface area contributed by atoms with Gasteiger partial charge in [-0.2, -0.15) is 8.42 Å². The number of nitrogens with zero attached hydrogens (tertiary/aromatic N) is 5. The highest BCUT2D eigenvalue weighted by Crippen LogP contribution is 2.40. The Morgan fingerprint density at radius 1 is 0.783 bits per heavy atom. The van der Waals surface area contributed by atoms with Crippen LogP contribution in [0.5, 0.6) is 11.5 Å². The quantitative estimate of drug-likeness (QED) is 0.0537. The normalized spacial score (nSPS) is 29.3. The predicted molar refractivity (Wildman–Crippen MR) is 332 cm³/mol. The van der Waals surface area contributed by atoms with Gasteiger partial charge < -0.3 is 96.7 Å². The molecule has 510 valence electrons. The number of rotatable bonds is 19. The summed E-state index contributed by atoms with van der Waals surface area (Å²) in [5, 5.41) is 126. The first-order valence-corrected chi connectivity index (χ1v) is 33.5. The molecule has 4 aliphatic heterocycles. The van der Waals surface area contributed by atoms with Gasteiger partial charge in [-0.1, -0.05) is 38.2 Å². The van der Waals surface area contributed by atoms with Gasteiger partial charge in [-0.15, -0.1) is 10.2 Å². The summed E-state index contributed by atoms with van der Waals surface area (Å²) in [5.74, 6) is -9.00. The van der Waals surface area contributed by atoms with E-state index in [1.165, 1.54) is 19.5 Å². The third kappa shape index (κ3) is 18.3. The molecule has 8 rings (SSSR count). The van der Waals surface area contributed by atoms with E-state index in [1.807, 2.05) is 0 Å². The third-order valence-corrected chi connectivity index (χ3v) is 19.8. The Labute approximate surface area is 537 Å². The predicted octanol–water partition coefficient (Wildman–Crippen LogP) is -2.87.